The van der Waals surface area contributed by atoms with Crippen LogP contribution in [0.3, 0.4) is 0 Å². The van der Waals surface area contributed by atoms with Crippen molar-refractivity contribution in [3.8, 4) is 11.5 Å². The standard InChI is InChI=1S/C14H12N6O/c1-7-17-9-4-12(15)19-8-3-11(10-5-16-6-20(10)2)21-14(18-7)13(8)9/h3-6,15H,1-2H3,(H,17,18). The predicted octanol–water partition coefficient (Wildman–Crippen LogP) is 1.89. The summed E-state index contributed by atoms with van der Waals surface area (Å²) in [6.45, 7) is 1.85. The van der Waals surface area contributed by atoms with Crippen molar-refractivity contribution in [1.29, 1.82) is 5.41 Å². The molecule has 0 unspecified atom stereocenters. The summed E-state index contributed by atoms with van der Waals surface area (Å²) in [6, 6.07) is 3.48. The Kier molecular flexibility index (Phi) is 2.26. The lowest BCUT2D eigenvalue weighted by molar-refractivity contribution is 0.599. The Morgan fingerprint density at radius 2 is 2.14 bits per heavy atom. The molecule has 2 N–H and O–H groups in total. The van der Waals surface area contributed by atoms with E-state index in [1.54, 1.807) is 18.6 Å². The SMILES string of the molecule is Cc1nc2oc(-c3cncn3C)cc3nc(=N)cc([nH]1)c32. The molecular formula is C14H12N6O. The zero-order valence-electron chi connectivity index (χ0n) is 11.5. The van der Waals surface area contributed by atoms with Gasteiger partial charge in [-0.2, -0.15) is 4.98 Å². The second-order valence-corrected chi connectivity index (χ2v) is 4.94. The molecule has 0 saturated heterocycles. The van der Waals surface area contributed by atoms with Gasteiger partial charge in [-0.05, 0) is 6.92 Å². The van der Waals surface area contributed by atoms with Crippen molar-refractivity contribution in [2.75, 3.05) is 0 Å². The molecule has 4 rings (SSSR count). The maximum atomic E-state index is 7.83. The van der Waals surface area contributed by atoms with Gasteiger partial charge in [-0.1, -0.05) is 0 Å². The number of imidazole rings is 1. The van der Waals surface area contributed by atoms with Crippen LogP contribution in [-0.2, 0) is 7.05 Å². The molecule has 4 heterocycles. The highest BCUT2D eigenvalue weighted by Crippen LogP contribution is 2.28. The molecule has 0 aliphatic rings. The summed E-state index contributed by atoms with van der Waals surface area (Å²) in [5.41, 5.74) is 3.01. The Morgan fingerprint density at radius 3 is 2.90 bits per heavy atom. The highest BCUT2D eigenvalue weighted by atomic mass is 16.3. The summed E-state index contributed by atoms with van der Waals surface area (Å²) >= 11 is 0. The van der Waals surface area contributed by atoms with Gasteiger partial charge >= 0.3 is 0 Å². The lowest BCUT2D eigenvalue weighted by Crippen LogP contribution is -2.06. The van der Waals surface area contributed by atoms with Gasteiger partial charge in [0.2, 0.25) is 5.71 Å². The molecule has 0 amide bonds. The zero-order valence-corrected chi connectivity index (χ0v) is 11.5. The monoisotopic (exact) mass is 280 g/mol. The van der Waals surface area contributed by atoms with Crippen LogP contribution in [0.5, 0.6) is 0 Å². The highest BCUT2D eigenvalue weighted by Gasteiger charge is 2.13. The van der Waals surface area contributed by atoms with Gasteiger partial charge in [0.05, 0.1) is 28.9 Å². The topological polar surface area (TPSA) is 96.4 Å². The van der Waals surface area contributed by atoms with Crippen LogP contribution < -0.4 is 5.49 Å². The first-order valence-electron chi connectivity index (χ1n) is 6.44. The third kappa shape index (κ3) is 1.74. The van der Waals surface area contributed by atoms with E-state index in [1.165, 1.54) is 0 Å². The van der Waals surface area contributed by atoms with Gasteiger partial charge in [-0.15, -0.1) is 0 Å². The van der Waals surface area contributed by atoms with E-state index < -0.39 is 0 Å². The summed E-state index contributed by atoms with van der Waals surface area (Å²) in [6.07, 6.45) is 3.43. The summed E-state index contributed by atoms with van der Waals surface area (Å²) in [5, 5.41) is 8.62. The number of hydrogen-bond donors (Lipinski definition) is 2. The maximum Gasteiger partial charge on any atom is 0.232 e. The molecule has 0 atom stereocenters. The molecule has 7 heteroatoms. The number of nitrogens with zero attached hydrogens (tertiary/aromatic N) is 4. The number of rotatable bonds is 1. The van der Waals surface area contributed by atoms with Gasteiger partial charge in [0, 0.05) is 19.2 Å². The molecule has 0 radical (unpaired) electrons. The quantitative estimate of drug-likeness (QED) is 0.556. The van der Waals surface area contributed by atoms with E-state index in [0.717, 1.165) is 22.4 Å². The number of aromatic amines is 1. The Bertz CT molecular complexity index is 1040. The van der Waals surface area contributed by atoms with Crippen molar-refractivity contribution < 1.29 is 4.42 Å². The number of aromatic nitrogens is 5. The third-order valence-corrected chi connectivity index (χ3v) is 3.39. The normalized spacial score (nSPS) is 11.5. The average molecular weight is 280 g/mol. The Balaban J connectivity index is 2.18. The van der Waals surface area contributed by atoms with Gasteiger partial charge in [-0.25, -0.2) is 9.97 Å². The molecule has 0 saturated carbocycles. The number of H-pyrrole nitrogens is 1. The molecule has 0 spiro atoms. The fourth-order valence-electron chi connectivity index (χ4n) is 2.48. The number of nitrogens with one attached hydrogen (secondary N) is 2. The Hall–Kier alpha value is -2.96. The minimum Gasteiger partial charge on any atom is -0.436 e. The fourth-order valence-corrected chi connectivity index (χ4v) is 2.48. The molecule has 7 nitrogen and oxygen atoms in total. The van der Waals surface area contributed by atoms with Crippen molar-refractivity contribution in [1.82, 2.24) is 24.5 Å². The van der Waals surface area contributed by atoms with E-state index in [4.69, 9.17) is 9.83 Å². The van der Waals surface area contributed by atoms with E-state index in [0.29, 0.717) is 17.0 Å². The van der Waals surface area contributed by atoms with Crippen LogP contribution in [0.25, 0.3) is 33.6 Å². The minimum absolute atomic E-state index is 0.202. The summed E-state index contributed by atoms with van der Waals surface area (Å²) < 4.78 is 7.78. The zero-order chi connectivity index (χ0) is 14.6. The highest BCUT2D eigenvalue weighted by molar-refractivity contribution is 6.03. The maximum absolute atomic E-state index is 7.83. The summed E-state index contributed by atoms with van der Waals surface area (Å²) in [5.74, 6) is 1.35. The van der Waals surface area contributed by atoms with Crippen LogP contribution in [0.15, 0.2) is 29.1 Å². The number of aryl methyl sites for hydroxylation is 2. The molecule has 0 bridgehead atoms. The van der Waals surface area contributed by atoms with Crippen molar-refractivity contribution >= 4 is 22.1 Å². The summed E-state index contributed by atoms with van der Waals surface area (Å²) in [7, 11) is 1.89. The molecule has 104 valence electrons. The van der Waals surface area contributed by atoms with E-state index in [1.807, 2.05) is 24.6 Å². The lowest BCUT2D eigenvalue weighted by atomic mass is 10.2. The second-order valence-electron chi connectivity index (χ2n) is 4.94. The van der Waals surface area contributed by atoms with Crippen LogP contribution in [0.1, 0.15) is 5.82 Å². The van der Waals surface area contributed by atoms with Gasteiger partial charge < -0.3 is 14.0 Å². The van der Waals surface area contributed by atoms with Crippen molar-refractivity contribution in [3.63, 3.8) is 0 Å². The second kappa shape index (κ2) is 4.02. The van der Waals surface area contributed by atoms with Crippen LogP contribution >= 0.6 is 0 Å². The molecular weight excluding hydrogens is 268 g/mol. The molecule has 21 heavy (non-hydrogen) atoms. The predicted molar refractivity (Wildman–Crippen MR) is 76.5 cm³/mol. The first-order chi connectivity index (χ1) is 10.1. The molecule has 4 aromatic rings. The molecule has 0 aliphatic carbocycles. The first-order valence-corrected chi connectivity index (χ1v) is 6.44. The molecule has 4 aromatic heterocycles. The van der Waals surface area contributed by atoms with E-state index >= 15 is 0 Å². The van der Waals surface area contributed by atoms with Crippen molar-refractivity contribution in [2.24, 2.45) is 7.05 Å². The molecule has 0 aliphatic heterocycles. The van der Waals surface area contributed by atoms with Gasteiger partial charge in [-0.3, -0.25) is 5.41 Å². The average Bonchev–Trinajstić information content (AvgIpc) is 2.83. The minimum atomic E-state index is 0.202. The summed E-state index contributed by atoms with van der Waals surface area (Å²) in [4.78, 5) is 15.9. The first kappa shape index (κ1) is 11.8. The smallest absolute Gasteiger partial charge is 0.232 e. The lowest BCUT2D eigenvalue weighted by Gasteiger charge is -2.08. The van der Waals surface area contributed by atoms with Crippen LogP contribution in [0, 0.1) is 12.3 Å². The van der Waals surface area contributed by atoms with Crippen LogP contribution in [0.4, 0.5) is 0 Å². The van der Waals surface area contributed by atoms with Gasteiger partial charge in [0.15, 0.2) is 5.76 Å². The van der Waals surface area contributed by atoms with Gasteiger partial charge in [0.1, 0.15) is 17.0 Å². The van der Waals surface area contributed by atoms with E-state index in [-0.39, 0.29) is 5.49 Å². The largest absolute Gasteiger partial charge is 0.436 e. The van der Waals surface area contributed by atoms with Crippen molar-refractivity contribution in [3.05, 3.63) is 36.0 Å². The third-order valence-electron chi connectivity index (χ3n) is 3.39. The van der Waals surface area contributed by atoms with E-state index in [9.17, 15) is 0 Å². The van der Waals surface area contributed by atoms with Crippen LogP contribution in [0.2, 0.25) is 0 Å². The van der Waals surface area contributed by atoms with Crippen molar-refractivity contribution in [2.45, 2.75) is 6.92 Å². The van der Waals surface area contributed by atoms with E-state index in [2.05, 4.69) is 19.9 Å². The molecule has 0 aromatic carbocycles. The Morgan fingerprint density at radius 1 is 1.29 bits per heavy atom. The Labute approximate surface area is 118 Å². The number of hydrogen-bond acceptors (Lipinski definition) is 5. The van der Waals surface area contributed by atoms with Gasteiger partial charge in [0.25, 0.3) is 0 Å². The number of pyridine rings is 1. The fraction of sp³-hybridized carbons (Fsp3) is 0.143. The molecule has 0 fully saturated rings. The van der Waals surface area contributed by atoms with Crippen LogP contribution in [-0.4, -0.2) is 24.5 Å².